The molecule has 1 saturated heterocycles. The van der Waals surface area contributed by atoms with E-state index in [0.29, 0.717) is 0 Å². The van der Waals surface area contributed by atoms with Gasteiger partial charge in [-0.2, -0.15) is 0 Å². The lowest BCUT2D eigenvalue weighted by atomic mass is 10.1. The second-order valence-corrected chi connectivity index (χ2v) is 4.75. The molecule has 0 aliphatic carbocycles. The number of nitrogens with zero attached hydrogens (tertiary/aromatic N) is 1. The van der Waals surface area contributed by atoms with Crippen LogP contribution in [0.25, 0.3) is 0 Å². The maximum Gasteiger partial charge on any atom is 0.157 e. The first-order chi connectivity index (χ1) is 10.3. The number of anilines is 2. The predicted octanol–water partition coefficient (Wildman–Crippen LogP) is -2.51. The predicted molar refractivity (Wildman–Crippen MR) is 68.2 cm³/mol. The van der Waals surface area contributed by atoms with Crippen molar-refractivity contribution in [3.05, 3.63) is 23.8 Å². The number of carbonyl (C=O) groups excluding carboxylic acids is 1. The van der Waals surface area contributed by atoms with Gasteiger partial charge >= 0.3 is 0 Å². The number of carbonyl (C=O) groups is 1. The Kier molecular flexibility index (Phi) is 4.81. The Morgan fingerprint density at radius 3 is 2.45 bits per heavy atom. The largest absolute Gasteiger partial charge is 0.545 e. The molecule has 0 spiro atoms. The third-order valence-electron chi connectivity index (χ3n) is 3.24. The van der Waals surface area contributed by atoms with Gasteiger partial charge < -0.3 is 35.3 Å². The topological polar surface area (TPSA) is 166 Å². The lowest BCUT2D eigenvalue weighted by molar-refractivity contribution is -0.255. The molecule has 22 heavy (non-hydrogen) atoms. The van der Waals surface area contributed by atoms with Gasteiger partial charge in [-0.1, -0.05) is 0 Å². The van der Waals surface area contributed by atoms with E-state index < -0.39 is 37.1 Å². The van der Waals surface area contributed by atoms with Gasteiger partial charge in [0.25, 0.3) is 0 Å². The van der Waals surface area contributed by atoms with Crippen LogP contribution in [0.4, 0.5) is 11.4 Å². The number of nitrogens with one attached hydrogen (secondary N) is 1. The summed E-state index contributed by atoms with van der Waals surface area (Å²) in [6.45, 7) is -0.512. The first-order valence-corrected chi connectivity index (χ1v) is 6.26. The molecule has 1 aliphatic heterocycles. The van der Waals surface area contributed by atoms with Crippen LogP contribution in [0.2, 0.25) is 0 Å². The van der Waals surface area contributed by atoms with Crippen molar-refractivity contribution in [3.8, 4) is 0 Å². The number of benzene rings is 1. The molecule has 1 heterocycles. The molecule has 6 N–H and O–H groups in total. The normalized spacial score (nSPS) is 27.7. The van der Waals surface area contributed by atoms with Crippen molar-refractivity contribution in [1.29, 1.82) is 0 Å². The third kappa shape index (κ3) is 3.27. The van der Waals surface area contributed by atoms with Crippen molar-refractivity contribution >= 4 is 17.3 Å². The Hall–Kier alpha value is -1.95. The van der Waals surface area contributed by atoms with Crippen LogP contribution in [-0.2, 0) is 4.74 Å². The van der Waals surface area contributed by atoms with Crippen LogP contribution in [-0.4, -0.2) is 62.9 Å². The zero-order chi connectivity index (χ0) is 16.4. The molecule has 0 amide bonds. The van der Waals surface area contributed by atoms with Gasteiger partial charge in [0.2, 0.25) is 0 Å². The molecule has 0 bridgehead atoms. The SMILES string of the molecule is O=C([O-])c1cc(N[C@@H]2O[C@H](CO)[C@@H](O)[C@H]2O)cc(N(O)O)c1. The van der Waals surface area contributed by atoms with E-state index in [2.05, 4.69) is 5.32 Å². The first kappa shape index (κ1) is 16.4. The van der Waals surface area contributed by atoms with E-state index in [1.165, 1.54) is 6.07 Å². The van der Waals surface area contributed by atoms with E-state index in [0.717, 1.165) is 12.1 Å². The molecule has 10 heteroatoms. The zero-order valence-electron chi connectivity index (χ0n) is 11.2. The van der Waals surface area contributed by atoms with E-state index in [1.807, 2.05) is 0 Å². The van der Waals surface area contributed by atoms with Gasteiger partial charge in [-0.3, -0.25) is 10.4 Å². The van der Waals surface area contributed by atoms with Crippen LogP contribution in [0.3, 0.4) is 0 Å². The maximum atomic E-state index is 10.9. The highest BCUT2D eigenvalue weighted by Gasteiger charge is 2.42. The summed E-state index contributed by atoms with van der Waals surface area (Å²) in [5.41, 5.74) is -0.546. The van der Waals surface area contributed by atoms with Gasteiger partial charge in [0.05, 0.1) is 18.3 Å². The van der Waals surface area contributed by atoms with E-state index >= 15 is 0 Å². The lowest BCUT2D eigenvalue weighted by Gasteiger charge is -2.20. The maximum absolute atomic E-state index is 10.9. The summed E-state index contributed by atoms with van der Waals surface area (Å²) in [5, 5.41) is 59.6. The molecule has 4 atom stereocenters. The van der Waals surface area contributed by atoms with Gasteiger partial charge in [-0.15, -0.1) is 5.23 Å². The monoisotopic (exact) mass is 315 g/mol. The summed E-state index contributed by atoms with van der Waals surface area (Å²) in [5.74, 6) is -1.55. The van der Waals surface area contributed by atoms with Crippen LogP contribution in [0.15, 0.2) is 18.2 Å². The Bertz CT molecular complexity index is 552. The molecule has 0 radical (unpaired) electrons. The fourth-order valence-corrected chi connectivity index (χ4v) is 2.11. The summed E-state index contributed by atoms with van der Waals surface area (Å²) >= 11 is 0. The van der Waals surface area contributed by atoms with Crippen LogP contribution in [0.5, 0.6) is 0 Å². The summed E-state index contributed by atoms with van der Waals surface area (Å²) in [7, 11) is 0. The van der Waals surface area contributed by atoms with E-state index in [-0.39, 0.29) is 22.2 Å². The van der Waals surface area contributed by atoms with Gasteiger partial charge in [0, 0.05) is 11.3 Å². The molecule has 1 fully saturated rings. The van der Waals surface area contributed by atoms with Crippen LogP contribution >= 0.6 is 0 Å². The molecule has 1 aromatic rings. The Labute approximate surface area is 124 Å². The number of hydrogen-bond acceptors (Lipinski definition) is 10. The van der Waals surface area contributed by atoms with Crippen molar-refractivity contribution < 1.29 is 40.4 Å². The van der Waals surface area contributed by atoms with Crippen LogP contribution in [0, 0.1) is 0 Å². The van der Waals surface area contributed by atoms with Gasteiger partial charge in [-0.05, 0) is 18.2 Å². The average molecular weight is 315 g/mol. The highest BCUT2D eigenvalue weighted by Crippen LogP contribution is 2.26. The number of aliphatic hydroxyl groups is 3. The Morgan fingerprint density at radius 2 is 1.95 bits per heavy atom. The molecule has 2 rings (SSSR count). The lowest BCUT2D eigenvalue weighted by Crippen LogP contribution is -2.36. The molecule has 1 aromatic carbocycles. The zero-order valence-corrected chi connectivity index (χ0v) is 11.2. The fourth-order valence-electron chi connectivity index (χ4n) is 2.11. The number of rotatable bonds is 5. The number of aliphatic hydroxyl groups excluding tert-OH is 3. The van der Waals surface area contributed by atoms with Crippen molar-refractivity contribution in [1.82, 2.24) is 0 Å². The molecule has 0 aromatic heterocycles. The summed E-state index contributed by atoms with van der Waals surface area (Å²) in [6.07, 6.45) is -4.81. The second kappa shape index (κ2) is 6.44. The molecule has 10 nitrogen and oxygen atoms in total. The molecule has 0 unspecified atom stereocenters. The molecular formula is C12H15N2O8-. The van der Waals surface area contributed by atoms with Crippen LogP contribution in [0.1, 0.15) is 10.4 Å². The Morgan fingerprint density at radius 1 is 1.27 bits per heavy atom. The summed E-state index contributed by atoms with van der Waals surface area (Å²) in [4.78, 5) is 10.9. The fraction of sp³-hybridized carbons (Fsp3) is 0.417. The van der Waals surface area contributed by atoms with Crippen molar-refractivity contribution in [3.63, 3.8) is 0 Å². The van der Waals surface area contributed by atoms with Gasteiger partial charge in [0.1, 0.15) is 18.3 Å². The molecule has 122 valence electrons. The average Bonchev–Trinajstić information content (AvgIpc) is 2.74. The van der Waals surface area contributed by atoms with Crippen molar-refractivity contribution in [2.24, 2.45) is 0 Å². The quantitative estimate of drug-likeness (QED) is 0.319. The minimum Gasteiger partial charge on any atom is -0.545 e. The smallest absolute Gasteiger partial charge is 0.157 e. The number of carboxylic acids is 1. The highest BCUT2D eigenvalue weighted by molar-refractivity contribution is 5.88. The van der Waals surface area contributed by atoms with Crippen molar-refractivity contribution in [2.75, 3.05) is 17.2 Å². The minimum atomic E-state index is -1.55. The summed E-state index contributed by atoms with van der Waals surface area (Å²) < 4.78 is 5.18. The minimum absolute atomic E-state index is 0.0691. The van der Waals surface area contributed by atoms with E-state index in [1.54, 1.807) is 0 Å². The van der Waals surface area contributed by atoms with Crippen LogP contribution < -0.4 is 15.6 Å². The highest BCUT2D eigenvalue weighted by atomic mass is 16.8. The van der Waals surface area contributed by atoms with Gasteiger partial charge in [0.15, 0.2) is 6.23 Å². The Balaban J connectivity index is 2.24. The number of carboxylic acid groups (broad SMARTS) is 1. The standard InChI is InChI=1S/C12H16N2O8/c15-4-8-9(16)10(17)11(22-8)13-6-1-5(12(18)19)2-7(3-6)14(20)21/h1-3,8-11,13,15-17,20-21H,4H2,(H,18,19)/p-1/t8-,9-,10-,11-/m1/s1. The van der Waals surface area contributed by atoms with Crippen molar-refractivity contribution in [2.45, 2.75) is 24.5 Å². The van der Waals surface area contributed by atoms with Gasteiger partial charge in [-0.25, -0.2) is 0 Å². The second-order valence-electron chi connectivity index (χ2n) is 4.75. The number of aromatic carboxylic acids is 1. The molecule has 0 saturated carbocycles. The van der Waals surface area contributed by atoms with E-state index in [4.69, 9.17) is 20.3 Å². The molecule has 1 aliphatic rings. The number of hydrogen-bond donors (Lipinski definition) is 6. The number of ether oxygens (including phenoxy) is 1. The van der Waals surface area contributed by atoms with E-state index in [9.17, 15) is 20.1 Å². The molecular weight excluding hydrogens is 300 g/mol. The first-order valence-electron chi connectivity index (χ1n) is 6.26. The summed E-state index contributed by atoms with van der Waals surface area (Å²) in [6, 6.07) is 3.25. The third-order valence-corrected chi connectivity index (χ3v) is 3.24.